The van der Waals surface area contributed by atoms with Gasteiger partial charge in [0, 0.05) is 21.3 Å². The van der Waals surface area contributed by atoms with Crippen LogP contribution >= 0.6 is 23.2 Å². The first-order valence-corrected chi connectivity index (χ1v) is 12.3. The number of ketones is 1. The summed E-state index contributed by atoms with van der Waals surface area (Å²) in [5.74, 6) is -0.977. The lowest BCUT2D eigenvalue weighted by molar-refractivity contribution is -0.132. The van der Waals surface area contributed by atoms with Crippen molar-refractivity contribution in [3.8, 4) is 5.75 Å². The van der Waals surface area contributed by atoms with Gasteiger partial charge in [0.05, 0.1) is 18.7 Å². The predicted octanol–water partition coefficient (Wildman–Crippen LogP) is 7.37. The van der Waals surface area contributed by atoms with Crippen LogP contribution in [0.25, 0.3) is 5.76 Å². The summed E-state index contributed by atoms with van der Waals surface area (Å²) < 4.78 is 5.54. The zero-order valence-corrected chi connectivity index (χ0v) is 22.2. The van der Waals surface area contributed by atoms with Crippen LogP contribution in [0.5, 0.6) is 5.75 Å². The Labute approximate surface area is 220 Å². The van der Waals surface area contributed by atoms with E-state index in [2.05, 4.69) is 0 Å². The molecule has 3 aromatic rings. The molecule has 36 heavy (non-hydrogen) atoms. The number of hydrogen-bond acceptors (Lipinski definition) is 4. The van der Waals surface area contributed by atoms with Crippen molar-refractivity contribution in [3.05, 3.63) is 98.0 Å². The van der Waals surface area contributed by atoms with E-state index in [4.69, 9.17) is 27.9 Å². The Morgan fingerprint density at radius 2 is 1.61 bits per heavy atom. The maximum Gasteiger partial charge on any atom is 0.300 e. The van der Waals surface area contributed by atoms with E-state index in [0.717, 1.165) is 11.1 Å². The Hall–Kier alpha value is -3.28. The molecule has 1 aliphatic heterocycles. The van der Waals surface area contributed by atoms with Crippen LogP contribution in [-0.2, 0) is 9.59 Å². The Morgan fingerprint density at radius 1 is 0.972 bits per heavy atom. The number of carbonyl (C=O) groups is 2. The molecule has 1 aliphatic rings. The van der Waals surface area contributed by atoms with E-state index in [1.165, 1.54) is 4.90 Å². The first-order chi connectivity index (χ1) is 17.0. The highest BCUT2D eigenvalue weighted by atomic mass is 35.5. The number of halogens is 2. The number of ether oxygens (including phenoxy) is 1. The molecule has 0 radical (unpaired) electrons. The second kappa shape index (κ2) is 10.00. The largest absolute Gasteiger partial charge is 0.507 e. The molecule has 4 rings (SSSR count). The standard InChI is InChI=1S/C29H27Cl2NO4/c1-15(2)22-14-23(17(4)10-24(22)36-5)27(33)25-26(21-9-7-6-8-16(21)3)32(29(35)28(25)34)20-12-18(30)11-19(31)13-20/h6-15,26,33H,1-5H3/b27-25+. The number of anilines is 1. The van der Waals surface area contributed by atoms with Gasteiger partial charge in [-0.25, -0.2) is 0 Å². The number of aliphatic hydroxyl groups excluding tert-OH is 1. The summed E-state index contributed by atoms with van der Waals surface area (Å²) in [6.07, 6.45) is 0. The lowest BCUT2D eigenvalue weighted by Crippen LogP contribution is -2.29. The van der Waals surface area contributed by atoms with Crippen LogP contribution in [-0.4, -0.2) is 23.9 Å². The van der Waals surface area contributed by atoms with Crippen LogP contribution in [0.2, 0.25) is 10.0 Å². The van der Waals surface area contributed by atoms with E-state index in [0.29, 0.717) is 38.2 Å². The van der Waals surface area contributed by atoms with Crippen molar-refractivity contribution in [1.82, 2.24) is 0 Å². The van der Waals surface area contributed by atoms with E-state index >= 15 is 0 Å². The number of nitrogens with zero attached hydrogens (tertiary/aromatic N) is 1. The summed E-state index contributed by atoms with van der Waals surface area (Å²) in [6.45, 7) is 7.77. The summed E-state index contributed by atoms with van der Waals surface area (Å²) in [4.78, 5) is 28.3. The lowest BCUT2D eigenvalue weighted by atomic mass is 9.89. The van der Waals surface area contributed by atoms with Gasteiger partial charge in [-0.1, -0.05) is 61.3 Å². The van der Waals surface area contributed by atoms with Gasteiger partial charge in [-0.2, -0.15) is 0 Å². The molecule has 1 saturated heterocycles. The minimum absolute atomic E-state index is 0.00775. The number of hydrogen-bond donors (Lipinski definition) is 1. The van der Waals surface area contributed by atoms with E-state index in [1.807, 2.05) is 64.1 Å². The molecule has 186 valence electrons. The van der Waals surface area contributed by atoms with Gasteiger partial charge < -0.3 is 9.84 Å². The molecule has 3 aromatic carbocycles. The third-order valence-electron chi connectivity index (χ3n) is 6.51. The summed E-state index contributed by atoms with van der Waals surface area (Å²) in [5.41, 5.74) is 4.03. The second-order valence-electron chi connectivity index (χ2n) is 9.22. The topological polar surface area (TPSA) is 66.8 Å². The second-order valence-corrected chi connectivity index (χ2v) is 10.1. The van der Waals surface area contributed by atoms with Crippen LogP contribution in [0.4, 0.5) is 5.69 Å². The molecule has 1 heterocycles. The summed E-state index contributed by atoms with van der Waals surface area (Å²) in [6, 6.07) is 15.0. The average molecular weight is 524 g/mol. The van der Waals surface area contributed by atoms with Crippen LogP contribution < -0.4 is 9.64 Å². The highest BCUT2D eigenvalue weighted by Crippen LogP contribution is 2.45. The number of Topliss-reactive ketones (excluding diaryl/α,β-unsaturated/α-hetero) is 1. The molecule has 0 aromatic heterocycles. The number of benzene rings is 3. The molecule has 1 unspecified atom stereocenters. The summed E-state index contributed by atoms with van der Waals surface area (Å²) in [7, 11) is 1.60. The monoisotopic (exact) mass is 523 g/mol. The molecule has 1 fully saturated rings. The highest BCUT2D eigenvalue weighted by molar-refractivity contribution is 6.52. The SMILES string of the molecule is COc1cc(C)c(/C(O)=C2\C(=O)C(=O)N(c3cc(Cl)cc(Cl)c3)C2c2ccccc2C)cc1C(C)C. The fraction of sp³-hybridized carbons (Fsp3) is 0.241. The number of aryl methyl sites for hydroxylation is 2. The van der Waals surface area contributed by atoms with Crippen LogP contribution in [0.3, 0.4) is 0 Å². The van der Waals surface area contributed by atoms with E-state index < -0.39 is 17.7 Å². The number of rotatable bonds is 5. The number of aliphatic hydroxyl groups is 1. The average Bonchev–Trinajstić information content (AvgIpc) is 3.08. The molecule has 0 saturated carbocycles. The minimum atomic E-state index is -0.871. The zero-order chi connectivity index (χ0) is 26.3. The van der Waals surface area contributed by atoms with Crippen LogP contribution in [0.15, 0.2) is 60.2 Å². The van der Waals surface area contributed by atoms with Crippen molar-refractivity contribution < 1.29 is 19.4 Å². The van der Waals surface area contributed by atoms with Gasteiger partial charge in [0.25, 0.3) is 11.7 Å². The Balaban J connectivity index is 2.03. The molecule has 5 nitrogen and oxygen atoms in total. The number of methoxy groups -OCH3 is 1. The van der Waals surface area contributed by atoms with E-state index in [9.17, 15) is 14.7 Å². The van der Waals surface area contributed by atoms with Gasteiger partial charge in [0.15, 0.2) is 0 Å². The van der Waals surface area contributed by atoms with Gasteiger partial charge in [-0.3, -0.25) is 14.5 Å². The zero-order valence-electron chi connectivity index (χ0n) is 20.7. The Bertz CT molecular complexity index is 1390. The minimum Gasteiger partial charge on any atom is -0.507 e. The molecule has 1 atom stereocenters. The fourth-order valence-electron chi connectivity index (χ4n) is 4.69. The summed E-state index contributed by atoms with van der Waals surface area (Å²) >= 11 is 12.5. The molecule has 0 spiro atoms. The predicted molar refractivity (Wildman–Crippen MR) is 144 cm³/mol. The van der Waals surface area contributed by atoms with Crippen molar-refractivity contribution in [1.29, 1.82) is 0 Å². The molecular weight excluding hydrogens is 497 g/mol. The van der Waals surface area contributed by atoms with E-state index in [-0.39, 0.29) is 17.3 Å². The quantitative estimate of drug-likeness (QED) is 0.215. The van der Waals surface area contributed by atoms with Crippen molar-refractivity contribution in [2.45, 2.75) is 39.7 Å². The number of amides is 1. The Morgan fingerprint density at radius 3 is 2.19 bits per heavy atom. The van der Waals surface area contributed by atoms with Crippen LogP contribution in [0.1, 0.15) is 53.6 Å². The van der Waals surface area contributed by atoms with Gasteiger partial charge in [-0.15, -0.1) is 0 Å². The molecule has 0 bridgehead atoms. The lowest BCUT2D eigenvalue weighted by Gasteiger charge is -2.27. The molecule has 1 amide bonds. The fourth-order valence-corrected chi connectivity index (χ4v) is 5.21. The maximum atomic E-state index is 13.5. The summed E-state index contributed by atoms with van der Waals surface area (Å²) in [5, 5.41) is 12.3. The third-order valence-corrected chi connectivity index (χ3v) is 6.94. The smallest absolute Gasteiger partial charge is 0.300 e. The van der Waals surface area contributed by atoms with E-state index in [1.54, 1.807) is 25.3 Å². The van der Waals surface area contributed by atoms with Crippen molar-refractivity contribution in [2.75, 3.05) is 12.0 Å². The molecule has 0 aliphatic carbocycles. The normalized spacial score (nSPS) is 17.2. The first-order valence-electron chi connectivity index (χ1n) is 11.6. The van der Waals surface area contributed by atoms with Gasteiger partial charge in [0.2, 0.25) is 0 Å². The third kappa shape index (κ3) is 4.49. The maximum absolute atomic E-state index is 13.5. The van der Waals surface area contributed by atoms with Crippen LogP contribution in [0, 0.1) is 13.8 Å². The number of carbonyl (C=O) groups excluding carboxylic acids is 2. The van der Waals surface area contributed by atoms with Crippen molar-refractivity contribution in [3.63, 3.8) is 0 Å². The van der Waals surface area contributed by atoms with Gasteiger partial charge >= 0.3 is 0 Å². The Kier molecular flexibility index (Phi) is 7.17. The highest BCUT2D eigenvalue weighted by Gasteiger charge is 2.47. The molecule has 1 N–H and O–H groups in total. The van der Waals surface area contributed by atoms with Crippen molar-refractivity contribution in [2.24, 2.45) is 0 Å². The van der Waals surface area contributed by atoms with Gasteiger partial charge in [0.1, 0.15) is 11.5 Å². The van der Waals surface area contributed by atoms with Gasteiger partial charge in [-0.05, 0) is 72.4 Å². The molecule has 7 heteroatoms. The first kappa shape index (κ1) is 25.8. The molecular formula is C29H27Cl2NO4. The van der Waals surface area contributed by atoms with Crippen molar-refractivity contribution >= 4 is 46.3 Å².